The standard InChI is InChI=1S/C11H16N2OS2/c1-7-3-9(16-8(7)2)4-12-11(14)10-5-15-6-13-10/h3,10,13H,4-6H2,1-2H3,(H,12,14). The highest BCUT2D eigenvalue weighted by Gasteiger charge is 2.21. The van der Waals surface area contributed by atoms with Crippen molar-refractivity contribution in [1.29, 1.82) is 0 Å². The molecule has 1 amide bonds. The second-order valence-corrected chi connectivity index (χ2v) is 6.31. The van der Waals surface area contributed by atoms with Crippen LogP contribution >= 0.6 is 23.1 Å². The lowest BCUT2D eigenvalue weighted by Crippen LogP contribution is -2.41. The molecule has 16 heavy (non-hydrogen) atoms. The summed E-state index contributed by atoms with van der Waals surface area (Å²) in [4.78, 5) is 14.3. The van der Waals surface area contributed by atoms with Gasteiger partial charge in [0.05, 0.1) is 12.6 Å². The van der Waals surface area contributed by atoms with Crippen LogP contribution in [-0.2, 0) is 11.3 Å². The average Bonchev–Trinajstić information content (AvgIpc) is 2.86. The second-order valence-electron chi connectivity index (χ2n) is 3.94. The molecule has 1 aliphatic heterocycles. The quantitative estimate of drug-likeness (QED) is 0.864. The number of hydrogen-bond donors (Lipinski definition) is 2. The summed E-state index contributed by atoms with van der Waals surface area (Å²) in [5.74, 6) is 1.89. The molecule has 1 unspecified atom stereocenters. The number of carbonyl (C=O) groups is 1. The fraction of sp³-hybridized carbons (Fsp3) is 0.545. The smallest absolute Gasteiger partial charge is 0.238 e. The molecule has 1 fully saturated rings. The van der Waals surface area contributed by atoms with Crippen LogP contribution in [0.5, 0.6) is 0 Å². The normalized spacial score (nSPS) is 20.0. The number of carbonyl (C=O) groups excluding carboxylic acids is 1. The van der Waals surface area contributed by atoms with E-state index in [1.165, 1.54) is 15.3 Å². The molecule has 0 saturated carbocycles. The molecule has 1 aliphatic rings. The van der Waals surface area contributed by atoms with E-state index < -0.39 is 0 Å². The Hall–Kier alpha value is -0.520. The lowest BCUT2D eigenvalue weighted by molar-refractivity contribution is -0.122. The van der Waals surface area contributed by atoms with Crippen LogP contribution in [0, 0.1) is 13.8 Å². The van der Waals surface area contributed by atoms with Crippen molar-refractivity contribution in [2.45, 2.75) is 26.4 Å². The van der Waals surface area contributed by atoms with Gasteiger partial charge in [-0.1, -0.05) is 0 Å². The Morgan fingerprint density at radius 3 is 3.00 bits per heavy atom. The third kappa shape index (κ3) is 2.78. The highest BCUT2D eigenvalue weighted by molar-refractivity contribution is 7.99. The van der Waals surface area contributed by atoms with Gasteiger partial charge in [-0.05, 0) is 25.5 Å². The van der Waals surface area contributed by atoms with Gasteiger partial charge in [0.1, 0.15) is 0 Å². The minimum atomic E-state index is -0.00726. The van der Waals surface area contributed by atoms with Crippen molar-refractivity contribution in [3.8, 4) is 0 Å². The van der Waals surface area contributed by atoms with Crippen LogP contribution in [0.1, 0.15) is 15.3 Å². The van der Waals surface area contributed by atoms with Gasteiger partial charge in [-0.15, -0.1) is 23.1 Å². The number of amides is 1. The molecule has 0 aromatic carbocycles. The van der Waals surface area contributed by atoms with Crippen LogP contribution in [0.3, 0.4) is 0 Å². The molecule has 1 saturated heterocycles. The molecule has 2 N–H and O–H groups in total. The summed E-state index contributed by atoms with van der Waals surface area (Å²) in [6.07, 6.45) is 0. The third-order valence-corrected chi connectivity index (χ3v) is 4.78. The Bertz CT molecular complexity index is 364. The zero-order valence-electron chi connectivity index (χ0n) is 9.50. The highest BCUT2D eigenvalue weighted by atomic mass is 32.2. The SMILES string of the molecule is Cc1cc(CNC(=O)C2CSCN2)sc1C. The summed E-state index contributed by atoms with van der Waals surface area (Å²) in [7, 11) is 0. The van der Waals surface area contributed by atoms with Crippen molar-refractivity contribution in [2.24, 2.45) is 0 Å². The summed E-state index contributed by atoms with van der Waals surface area (Å²) in [5.41, 5.74) is 1.31. The summed E-state index contributed by atoms with van der Waals surface area (Å²) >= 11 is 3.53. The Morgan fingerprint density at radius 1 is 1.62 bits per heavy atom. The molecule has 3 nitrogen and oxygen atoms in total. The maximum absolute atomic E-state index is 11.7. The molecular formula is C11H16N2OS2. The number of rotatable bonds is 3. The van der Waals surface area contributed by atoms with Gasteiger partial charge in [0, 0.05) is 21.4 Å². The van der Waals surface area contributed by atoms with Gasteiger partial charge in [0.15, 0.2) is 0 Å². The first-order valence-electron chi connectivity index (χ1n) is 5.31. The number of aryl methyl sites for hydroxylation is 2. The monoisotopic (exact) mass is 256 g/mol. The van der Waals surface area contributed by atoms with Crippen molar-refractivity contribution < 1.29 is 4.79 Å². The minimum Gasteiger partial charge on any atom is -0.350 e. The van der Waals surface area contributed by atoms with E-state index in [9.17, 15) is 4.79 Å². The molecule has 5 heteroatoms. The van der Waals surface area contributed by atoms with Gasteiger partial charge in [0.2, 0.25) is 5.91 Å². The van der Waals surface area contributed by atoms with E-state index in [0.29, 0.717) is 6.54 Å². The Kier molecular flexibility index (Phi) is 3.89. The van der Waals surface area contributed by atoms with Gasteiger partial charge in [-0.25, -0.2) is 0 Å². The van der Waals surface area contributed by atoms with E-state index in [2.05, 4.69) is 30.5 Å². The topological polar surface area (TPSA) is 41.1 Å². The van der Waals surface area contributed by atoms with Crippen LogP contribution in [0.15, 0.2) is 6.07 Å². The maximum Gasteiger partial charge on any atom is 0.238 e. The van der Waals surface area contributed by atoms with Crippen molar-refractivity contribution in [3.63, 3.8) is 0 Å². The molecule has 0 aliphatic carbocycles. The van der Waals surface area contributed by atoms with E-state index in [0.717, 1.165) is 11.6 Å². The predicted molar refractivity (Wildman–Crippen MR) is 69.9 cm³/mol. The fourth-order valence-corrected chi connectivity index (χ4v) is 3.53. The molecule has 1 atom stereocenters. The highest BCUT2D eigenvalue weighted by Crippen LogP contribution is 2.20. The van der Waals surface area contributed by atoms with E-state index in [-0.39, 0.29) is 11.9 Å². The molecule has 0 spiro atoms. The Balaban J connectivity index is 1.84. The molecule has 2 rings (SSSR count). The van der Waals surface area contributed by atoms with Crippen LogP contribution in [0.4, 0.5) is 0 Å². The first kappa shape index (κ1) is 12.0. The number of thioether (sulfide) groups is 1. The van der Waals surface area contributed by atoms with E-state index >= 15 is 0 Å². The van der Waals surface area contributed by atoms with Crippen LogP contribution in [-0.4, -0.2) is 23.6 Å². The lowest BCUT2D eigenvalue weighted by atomic mass is 10.3. The molecular weight excluding hydrogens is 240 g/mol. The van der Waals surface area contributed by atoms with Crippen LogP contribution in [0.2, 0.25) is 0 Å². The molecule has 0 radical (unpaired) electrons. The largest absolute Gasteiger partial charge is 0.350 e. The molecule has 1 aromatic heterocycles. The number of thiophene rings is 1. The van der Waals surface area contributed by atoms with E-state index in [4.69, 9.17) is 0 Å². The number of nitrogens with one attached hydrogen (secondary N) is 2. The Labute approximate surface area is 104 Å². The Morgan fingerprint density at radius 2 is 2.44 bits per heavy atom. The van der Waals surface area contributed by atoms with Gasteiger partial charge < -0.3 is 5.32 Å². The second kappa shape index (κ2) is 5.21. The van der Waals surface area contributed by atoms with Crippen LogP contribution < -0.4 is 10.6 Å². The van der Waals surface area contributed by atoms with Gasteiger partial charge >= 0.3 is 0 Å². The average molecular weight is 256 g/mol. The minimum absolute atomic E-state index is 0.00726. The first-order valence-corrected chi connectivity index (χ1v) is 7.28. The van der Waals surface area contributed by atoms with Gasteiger partial charge in [0.25, 0.3) is 0 Å². The summed E-state index contributed by atoms with van der Waals surface area (Å²) in [6, 6.07) is 2.14. The van der Waals surface area contributed by atoms with E-state index in [1.54, 1.807) is 23.1 Å². The van der Waals surface area contributed by atoms with Crippen molar-refractivity contribution >= 4 is 29.0 Å². The molecule has 0 bridgehead atoms. The van der Waals surface area contributed by atoms with Crippen molar-refractivity contribution in [3.05, 3.63) is 21.4 Å². The summed E-state index contributed by atoms with van der Waals surface area (Å²) in [5, 5.41) is 6.14. The summed E-state index contributed by atoms with van der Waals surface area (Å²) < 4.78 is 0. The molecule has 2 heterocycles. The van der Waals surface area contributed by atoms with Gasteiger partial charge in [-0.2, -0.15) is 0 Å². The van der Waals surface area contributed by atoms with E-state index in [1.807, 2.05) is 0 Å². The molecule has 1 aromatic rings. The van der Waals surface area contributed by atoms with Crippen molar-refractivity contribution in [1.82, 2.24) is 10.6 Å². The van der Waals surface area contributed by atoms with Crippen LogP contribution in [0.25, 0.3) is 0 Å². The third-order valence-electron chi connectivity index (χ3n) is 2.69. The van der Waals surface area contributed by atoms with Crippen molar-refractivity contribution in [2.75, 3.05) is 11.6 Å². The fourth-order valence-electron chi connectivity index (χ4n) is 1.60. The number of hydrogen-bond acceptors (Lipinski definition) is 4. The first-order chi connectivity index (χ1) is 7.66. The zero-order chi connectivity index (χ0) is 11.5. The zero-order valence-corrected chi connectivity index (χ0v) is 11.1. The maximum atomic E-state index is 11.7. The molecule has 88 valence electrons. The predicted octanol–water partition coefficient (Wildman–Crippen LogP) is 1.64. The van der Waals surface area contributed by atoms with Gasteiger partial charge in [-0.3, -0.25) is 10.1 Å². The summed E-state index contributed by atoms with van der Waals surface area (Å²) in [6.45, 7) is 4.87. The lowest BCUT2D eigenvalue weighted by Gasteiger charge is -2.09.